The quantitative estimate of drug-likeness (QED) is 0.321. The lowest BCUT2D eigenvalue weighted by Gasteiger charge is -2.05. The van der Waals surface area contributed by atoms with Gasteiger partial charge in [0.25, 0.3) is 0 Å². The molecule has 0 bridgehead atoms. The van der Waals surface area contributed by atoms with E-state index in [4.69, 9.17) is 20.5 Å². The highest BCUT2D eigenvalue weighted by molar-refractivity contribution is 6.33. The number of anilines is 1. The van der Waals surface area contributed by atoms with Gasteiger partial charge in [-0.15, -0.1) is 0 Å². The highest BCUT2D eigenvalue weighted by Gasteiger charge is 2.13. The summed E-state index contributed by atoms with van der Waals surface area (Å²) >= 11 is 6.16. The Morgan fingerprint density at radius 2 is 1.85 bits per heavy atom. The molecule has 0 saturated heterocycles. The molecule has 0 aliphatic carbocycles. The van der Waals surface area contributed by atoms with Gasteiger partial charge in [0.15, 0.2) is 17.2 Å². The fraction of sp³-hybridized carbons (Fsp3) is 0.0417. The van der Waals surface area contributed by atoms with Gasteiger partial charge in [0.05, 0.1) is 5.02 Å². The largest absolute Gasteiger partial charge is 0.436 e. The molecule has 5 rings (SSSR count). The maximum atomic E-state index is 13.1. The molecular weight excluding hydrogens is 447 g/mol. The van der Waals surface area contributed by atoms with Gasteiger partial charge in [-0.2, -0.15) is 0 Å². The Labute approximate surface area is 192 Å². The number of urea groups is 1. The van der Waals surface area contributed by atoms with Crippen LogP contribution in [0.3, 0.4) is 0 Å². The standard InChI is InChI=1S/C24H16ClFN4O3/c25-18-4-2-1-3-17(18)21-12-22(30-33-21)29-24(31)27-13-14-5-10-20-19(11-14)28-23(32-20)15-6-8-16(26)9-7-15/h1-12H,13H2,(H2,27,29,30,31). The fourth-order valence-electron chi connectivity index (χ4n) is 3.26. The van der Waals surface area contributed by atoms with E-state index in [9.17, 15) is 9.18 Å². The van der Waals surface area contributed by atoms with Gasteiger partial charge in [0, 0.05) is 23.7 Å². The summed E-state index contributed by atoms with van der Waals surface area (Å²) in [4.78, 5) is 16.7. The van der Waals surface area contributed by atoms with Crippen molar-refractivity contribution in [1.29, 1.82) is 0 Å². The molecule has 7 nitrogen and oxygen atoms in total. The summed E-state index contributed by atoms with van der Waals surface area (Å²) in [5.74, 6) is 0.781. The van der Waals surface area contributed by atoms with Gasteiger partial charge in [-0.1, -0.05) is 35.0 Å². The van der Waals surface area contributed by atoms with E-state index in [1.165, 1.54) is 12.1 Å². The van der Waals surface area contributed by atoms with Gasteiger partial charge in [0.1, 0.15) is 11.3 Å². The number of carbonyl (C=O) groups is 1. The van der Waals surface area contributed by atoms with E-state index < -0.39 is 6.03 Å². The number of nitrogens with one attached hydrogen (secondary N) is 2. The monoisotopic (exact) mass is 462 g/mol. The first-order chi connectivity index (χ1) is 16.0. The molecule has 5 aromatic rings. The zero-order valence-electron chi connectivity index (χ0n) is 17.0. The molecule has 2 amide bonds. The minimum atomic E-state index is -0.443. The average molecular weight is 463 g/mol. The number of oxazole rings is 1. The average Bonchev–Trinajstić information content (AvgIpc) is 3.45. The Bertz CT molecular complexity index is 1450. The van der Waals surface area contributed by atoms with Crippen LogP contribution in [0.1, 0.15) is 5.56 Å². The van der Waals surface area contributed by atoms with Gasteiger partial charge in [-0.05, 0) is 54.1 Å². The van der Waals surface area contributed by atoms with Crippen molar-refractivity contribution >= 4 is 34.5 Å². The van der Waals surface area contributed by atoms with Crippen LogP contribution in [0.15, 0.2) is 81.7 Å². The molecule has 0 aliphatic heterocycles. The third-order valence-electron chi connectivity index (χ3n) is 4.89. The molecule has 0 spiro atoms. The lowest BCUT2D eigenvalue weighted by Crippen LogP contribution is -2.28. The number of benzene rings is 3. The molecule has 2 heterocycles. The van der Waals surface area contributed by atoms with Gasteiger partial charge >= 0.3 is 6.03 Å². The Balaban J connectivity index is 1.23. The summed E-state index contributed by atoms with van der Waals surface area (Å²) in [5, 5.41) is 9.76. The Kier molecular flexibility index (Phi) is 5.50. The highest BCUT2D eigenvalue weighted by Crippen LogP contribution is 2.29. The van der Waals surface area contributed by atoms with Crippen LogP contribution in [0.4, 0.5) is 15.0 Å². The summed E-state index contributed by atoms with van der Waals surface area (Å²) in [6.45, 7) is 0.260. The van der Waals surface area contributed by atoms with E-state index in [-0.39, 0.29) is 18.2 Å². The first-order valence-electron chi connectivity index (χ1n) is 9.97. The second-order valence-corrected chi connectivity index (χ2v) is 7.60. The molecule has 2 N–H and O–H groups in total. The van der Waals surface area contributed by atoms with Crippen LogP contribution in [-0.4, -0.2) is 16.2 Å². The van der Waals surface area contributed by atoms with Crippen molar-refractivity contribution in [3.63, 3.8) is 0 Å². The molecular formula is C24H16ClFN4O3. The van der Waals surface area contributed by atoms with Crippen LogP contribution in [0.25, 0.3) is 33.9 Å². The number of amides is 2. The van der Waals surface area contributed by atoms with Crippen molar-refractivity contribution in [2.45, 2.75) is 6.54 Å². The SMILES string of the molecule is O=C(NCc1ccc2oc(-c3ccc(F)cc3)nc2c1)Nc1cc(-c2ccccc2Cl)on1. The van der Waals surface area contributed by atoms with Crippen LogP contribution in [0.5, 0.6) is 0 Å². The van der Waals surface area contributed by atoms with Crippen LogP contribution in [0.2, 0.25) is 5.02 Å². The number of hydrogen-bond acceptors (Lipinski definition) is 5. The topological polar surface area (TPSA) is 93.2 Å². The normalized spacial score (nSPS) is 11.0. The second-order valence-electron chi connectivity index (χ2n) is 7.19. The molecule has 0 radical (unpaired) electrons. The van der Waals surface area contributed by atoms with Gasteiger partial charge in [0.2, 0.25) is 5.89 Å². The Hall–Kier alpha value is -4.17. The summed E-state index contributed by atoms with van der Waals surface area (Å²) in [5.41, 5.74) is 3.41. The smallest absolute Gasteiger partial charge is 0.320 e. The molecule has 33 heavy (non-hydrogen) atoms. The third-order valence-corrected chi connectivity index (χ3v) is 5.22. The third kappa shape index (κ3) is 4.56. The number of hydrogen-bond donors (Lipinski definition) is 2. The van der Waals surface area contributed by atoms with E-state index >= 15 is 0 Å². The number of halogens is 2. The van der Waals surface area contributed by atoms with Crippen LogP contribution < -0.4 is 10.6 Å². The molecule has 0 unspecified atom stereocenters. The lowest BCUT2D eigenvalue weighted by atomic mass is 10.2. The predicted molar refractivity (Wildman–Crippen MR) is 122 cm³/mol. The molecule has 0 saturated carbocycles. The molecule has 9 heteroatoms. The molecule has 2 aromatic heterocycles. The number of aromatic nitrogens is 2. The summed E-state index contributed by atoms with van der Waals surface area (Å²) < 4.78 is 24.1. The van der Waals surface area contributed by atoms with Crippen LogP contribution >= 0.6 is 11.6 Å². The zero-order chi connectivity index (χ0) is 22.8. The maximum absolute atomic E-state index is 13.1. The molecule has 0 fully saturated rings. The minimum Gasteiger partial charge on any atom is -0.436 e. The van der Waals surface area contributed by atoms with E-state index in [0.29, 0.717) is 38.9 Å². The van der Waals surface area contributed by atoms with Gasteiger partial charge < -0.3 is 14.3 Å². The van der Waals surface area contributed by atoms with Gasteiger partial charge in [-0.3, -0.25) is 5.32 Å². The molecule has 0 aliphatic rings. The molecule has 0 atom stereocenters. The predicted octanol–water partition coefficient (Wildman–Crippen LogP) is 6.26. The first-order valence-corrected chi connectivity index (χ1v) is 10.3. The summed E-state index contributed by atoms with van der Waals surface area (Å²) in [7, 11) is 0. The zero-order valence-corrected chi connectivity index (χ0v) is 17.8. The van der Waals surface area contributed by atoms with Crippen LogP contribution in [0, 0.1) is 5.82 Å². The number of nitrogens with zero attached hydrogens (tertiary/aromatic N) is 2. The summed E-state index contributed by atoms with van der Waals surface area (Å²) in [6.07, 6.45) is 0. The van der Waals surface area contributed by atoms with Crippen molar-refractivity contribution in [3.8, 4) is 22.8 Å². The van der Waals surface area contributed by atoms with E-state index in [2.05, 4.69) is 20.8 Å². The lowest BCUT2D eigenvalue weighted by molar-refractivity contribution is 0.251. The van der Waals surface area contributed by atoms with Crippen molar-refractivity contribution in [2.24, 2.45) is 0 Å². The molecule has 164 valence electrons. The summed E-state index contributed by atoms with van der Waals surface area (Å²) in [6, 6.07) is 19.7. The van der Waals surface area contributed by atoms with Crippen molar-refractivity contribution in [3.05, 3.63) is 89.2 Å². The molecule has 3 aromatic carbocycles. The van der Waals surface area contributed by atoms with Crippen molar-refractivity contribution < 1.29 is 18.1 Å². The Morgan fingerprint density at radius 1 is 1.03 bits per heavy atom. The van der Waals surface area contributed by atoms with Crippen LogP contribution in [-0.2, 0) is 6.54 Å². The number of fused-ring (bicyclic) bond motifs is 1. The number of carbonyl (C=O) groups excluding carboxylic acids is 1. The van der Waals surface area contributed by atoms with Crippen molar-refractivity contribution in [2.75, 3.05) is 5.32 Å². The Morgan fingerprint density at radius 3 is 2.67 bits per heavy atom. The second kappa shape index (κ2) is 8.76. The fourth-order valence-corrected chi connectivity index (χ4v) is 3.49. The first kappa shape index (κ1) is 20.7. The van der Waals surface area contributed by atoms with E-state index in [1.54, 1.807) is 36.4 Å². The number of rotatable bonds is 5. The minimum absolute atomic E-state index is 0.260. The van der Waals surface area contributed by atoms with E-state index in [1.807, 2.05) is 24.3 Å². The van der Waals surface area contributed by atoms with Crippen molar-refractivity contribution in [1.82, 2.24) is 15.5 Å². The van der Waals surface area contributed by atoms with Gasteiger partial charge in [-0.25, -0.2) is 14.2 Å². The van der Waals surface area contributed by atoms with E-state index in [0.717, 1.165) is 5.56 Å². The maximum Gasteiger partial charge on any atom is 0.320 e. The highest BCUT2D eigenvalue weighted by atomic mass is 35.5.